The second kappa shape index (κ2) is 6.52. The third-order valence-corrected chi connectivity index (χ3v) is 3.93. The third kappa shape index (κ3) is 4.24. The lowest BCUT2D eigenvalue weighted by molar-refractivity contribution is -0.133. The van der Waals surface area contributed by atoms with Crippen LogP contribution in [0.3, 0.4) is 0 Å². The summed E-state index contributed by atoms with van der Waals surface area (Å²) in [5.74, 6) is -1.05. The van der Waals surface area contributed by atoms with Crippen molar-refractivity contribution >= 4 is 5.91 Å². The highest BCUT2D eigenvalue weighted by atomic mass is 19.1. The molecule has 1 aliphatic carbocycles. The molecule has 3 nitrogen and oxygen atoms in total. The molecule has 0 aliphatic heterocycles. The molecule has 2 rings (SSSR count). The first-order valence-corrected chi connectivity index (χ1v) is 7.37. The number of halogens is 2. The largest absolute Gasteiger partial charge is 0.335 e. The van der Waals surface area contributed by atoms with Crippen molar-refractivity contribution in [1.29, 1.82) is 0 Å². The van der Waals surface area contributed by atoms with Crippen molar-refractivity contribution in [2.75, 3.05) is 0 Å². The summed E-state index contributed by atoms with van der Waals surface area (Å²) in [4.78, 5) is 14.1. The van der Waals surface area contributed by atoms with Crippen molar-refractivity contribution in [2.24, 2.45) is 11.7 Å². The standard InChI is InChI=1S/C16H22F2N2O/c1-10(2)15(19)8-16(21)20(13-5-6-13)9-11-3-4-12(17)7-14(11)18/h3-4,7,10,13,15H,5-6,8-9,19H2,1-2H3. The van der Waals surface area contributed by atoms with Gasteiger partial charge in [-0.25, -0.2) is 8.78 Å². The Hall–Kier alpha value is -1.49. The predicted octanol–water partition coefficient (Wildman–Crippen LogP) is 2.83. The number of rotatable bonds is 6. The van der Waals surface area contributed by atoms with Crippen LogP contribution in [0.4, 0.5) is 8.78 Å². The van der Waals surface area contributed by atoms with Gasteiger partial charge in [0.2, 0.25) is 5.91 Å². The number of carbonyl (C=O) groups excluding carboxylic acids is 1. The molecule has 1 unspecified atom stereocenters. The molecule has 21 heavy (non-hydrogen) atoms. The van der Waals surface area contributed by atoms with Gasteiger partial charge in [-0.3, -0.25) is 4.79 Å². The van der Waals surface area contributed by atoms with E-state index >= 15 is 0 Å². The van der Waals surface area contributed by atoms with E-state index in [1.807, 2.05) is 13.8 Å². The average Bonchev–Trinajstić information content (AvgIpc) is 3.21. The zero-order valence-corrected chi connectivity index (χ0v) is 12.5. The van der Waals surface area contributed by atoms with Gasteiger partial charge in [-0.15, -0.1) is 0 Å². The third-order valence-electron chi connectivity index (χ3n) is 3.93. The Balaban J connectivity index is 2.07. The van der Waals surface area contributed by atoms with Crippen molar-refractivity contribution in [1.82, 2.24) is 4.90 Å². The molecule has 0 bridgehead atoms. The first-order valence-electron chi connectivity index (χ1n) is 7.37. The fourth-order valence-corrected chi connectivity index (χ4v) is 2.20. The summed E-state index contributed by atoms with van der Waals surface area (Å²) in [7, 11) is 0. The van der Waals surface area contributed by atoms with Gasteiger partial charge in [0.15, 0.2) is 0 Å². The molecule has 1 aliphatic rings. The van der Waals surface area contributed by atoms with E-state index in [1.165, 1.54) is 12.1 Å². The van der Waals surface area contributed by atoms with E-state index < -0.39 is 11.6 Å². The fraction of sp³-hybridized carbons (Fsp3) is 0.562. The molecule has 1 saturated carbocycles. The molecule has 1 fully saturated rings. The van der Waals surface area contributed by atoms with E-state index in [2.05, 4.69) is 0 Å². The number of amides is 1. The van der Waals surface area contributed by atoms with E-state index in [4.69, 9.17) is 5.73 Å². The Morgan fingerprint density at radius 2 is 2.05 bits per heavy atom. The van der Waals surface area contributed by atoms with E-state index in [0.717, 1.165) is 18.9 Å². The quantitative estimate of drug-likeness (QED) is 0.877. The normalized spacial score (nSPS) is 16.1. The van der Waals surface area contributed by atoms with Crippen LogP contribution in [0.25, 0.3) is 0 Å². The van der Waals surface area contributed by atoms with Gasteiger partial charge >= 0.3 is 0 Å². The lowest BCUT2D eigenvalue weighted by Crippen LogP contribution is -2.39. The molecule has 2 N–H and O–H groups in total. The highest BCUT2D eigenvalue weighted by Crippen LogP contribution is 2.30. The summed E-state index contributed by atoms with van der Waals surface area (Å²) >= 11 is 0. The van der Waals surface area contributed by atoms with Crippen molar-refractivity contribution in [3.05, 3.63) is 35.4 Å². The van der Waals surface area contributed by atoms with Crippen LogP contribution in [0.1, 0.15) is 38.7 Å². The van der Waals surface area contributed by atoms with Crippen molar-refractivity contribution in [3.8, 4) is 0 Å². The number of hydrogen-bond acceptors (Lipinski definition) is 2. The van der Waals surface area contributed by atoms with E-state index in [1.54, 1.807) is 4.90 Å². The first-order chi connectivity index (χ1) is 9.88. The van der Waals surface area contributed by atoms with Crippen LogP contribution in [0.15, 0.2) is 18.2 Å². The minimum absolute atomic E-state index is 0.0533. The van der Waals surface area contributed by atoms with Gasteiger partial charge < -0.3 is 10.6 Å². The summed E-state index contributed by atoms with van der Waals surface area (Å²) in [6, 6.07) is 3.44. The number of nitrogens with two attached hydrogens (primary N) is 1. The fourth-order valence-electron chi connectivity index (χ4n) is 2.20. The van der Waals surface area contributed by atoms with Crippen LogP contribution in [0.2, 0.25) is 0 Å². The highest BCUT2D eigenvalue weighted by molar-refractivity contribution is 5.77. The van der Waals surface area contributed by atoms with Gasteiger partial charge in [0.25, 0.3) is 0 Å². The predicted molar refractivity (Wildman–Crippen MR) is 77.4 cm³/mol. The Labute approximate surface area is 124 Å². The summed E-state index contributed by atoms with van der Waals surface area (Å²) in [6.45, 7) is 4.12. The molecular weight excluding hydrogens is 274 g/mol. The SMILES string of the molecule is CC(C)C(N)CC(=O)N(Cc1ccc(F)cc1F)C1CC1. The van der Waals surface area contributed by atoms with E-state index in [0.29, 0.717) is 5.56 Å². The van der Waals surface area contributed by atoms with Crippen LogP contribution in [-0.2, 0) is 11.3 Å². The first kappa shape index (κ1) is 15.9. The van der Waals surface area contributed by atoms with Gasteiger partial charge in [-0.2, -0.15) is 0 Å². The number of nitrogens with zero attached hydrogens (tertiary/aromatic N) is 1. The van der Waals surface area contributed by atoms with E-state index in [-0.39, 0.29) is 36.9 Å². The maximum atomic E-state index is 13.7. The summed E-state index contributed by atoms with van der Waals surface area (Å²) in [5.41, 5.74) is 6.29. The second-order valence-corrected chi connectivity index (χ2v) is 6.10. The molecule has 0 saturated heterocycles. The lowest BCUT2D eigenvalue weighted by atomic mass is 10.0. The molecule has 0 heterocycles. The van der Waals surface area contributed by atoms with Crippen LogP contribution in [-0.4, -0.2) is 22.9 Å². The maximum Gasteiger partial charge on any atom is 0.224 e. The van der Waals surface area contributed by atoms with Gasteiger partial charge in [-0.05, 0) is 24.8 Å². The summed E-state index contributed by atoms with van der Waals surface area (Å²) in [5, 5.41) is 0. The van der Waals surface area contributed by atoms with Gasteiger partial charge in [0.05, 0.1) is 0 Å². The van der Waals surface area contributed by atoms with Gasteiger partial charge in [0, 0.05) is 36.7 Å². The zero-order chi connectivity index (χ0) is 15.6. The van der Waals surface area contributed by atoms with Crippen LogP contribution in [0, 0.1) is 17.6 Å². The summed E-state index contributed by atoms with van der Waals surface area (Å²) in [6.07, 6.45) is 2.13. The smallest absolute Gasteiger partial charge is 0.224 e. The number of benzene rings is 1. The Morgan fingerprint density at radius 3 is 2.57 bits per heavy atom. The van der Waals surface area contributed by atoms with E-state index in [9.17, 15) is 13.6 Å². The monoisotopic (exact) mass is 296 g/mol. The Bertz CT molecular complexity index is 515. The van der Waals surface area contributed by atoms with Gasteiger partial charge in [0.1, 0.15) is 11.6 Å². The molecule has 0 spiro atoms. The Kier molecular flexibility index (Phi) is 4.93. The molecule has 5 heteroatoms. The molecule has 1 aromatic carbocycles. The number of carbonyl (C=O) groups is 1. The van der Waals surface area contributed by atoms with Crippen LogP contribution < -0.4 is 5.73 Å². The highest BCUT2D eigenvalue weighted by Gasteiger charge is 2.33. The average molecular weight is 296 g/mol. The minimum atomic E-state index is -0.610. The van der Waals surface area contributed by atoms with Crippen LogP contribution >= 0.6 is 0 Å². The Morgan fingerprint density at radius 1 is 1.38 bits per heavy atom. The van der Waals surface area contributed by atoms with Crippen LogP contribution in [0.5, 0.6) is 0 Å². The molecule has 1 aromatic rings. The van der Waals surface area contributed by atoms with Crippen molar-refractivity contribution in [3.63, 3.8) is 0 Å². The second-order valence-electron chi connectivity index (χ2n) is 6.10. The molecular formula is C16H22F2N2O. The number of hydrogen-bond donors (Lipinski definition) is 1. The topological polar surface area (TPSA) is 46.3 Å². The molecule has 1 atom stereocenters. The molecule has 116 valence electrons. The lowest BCUT2D eigenvalue weighted by Gasteiger charge is -2.25. The minimum Gasteiger partial charge on any atom is -0.335 e. The van der Waals surface area contributed by atoms with Crippen molar-refractivity contribution < 1.29 is 13.6 Å². The van der Waals surface area contributed by atoms with Crippen molar-refractivity contribution in [2.45, 2.75) is 51.7 Å². The molecule has 0 aromatic heterocycles. The molecule has 1 amide bonds. The molecule has 0 radical (unpaired) electrons. The van der Waals surface area contributed by atoms with Gasteiger partial charge in [-0.1, -0.05) is 19.9 Å². The maximum absolute atomic E-state index is 13.7. The zero-order valence-electron chi connectivity index (χ0n) is 12.5. The summed E-state index contributed by atoms with van der Waals surface area (Å²) < 4.78 is 26.7.